The highest BCUT2D eigenvalue weighted by atomic mass is 16.5. The largest absolute Gasteiger partial charge is 0.493 e. The highest BCUT2D eigenvalue weighted by molar-refractivity contribution is 5.77. The van der Waals surface area contributed by atoms with E-state index < -0.39 is 11.9 Å². The smallest absolute Gasteiger partial charge is 0.317 e. The molecule has 0 aromatic heterocycles. The Kier molecular flexibility index (Phi) is 7.33. The maximum absolute atomic E-state index is 12.6. The number of carbonyl (C=O) groups excluding carboxylic acids is 1. The van der Waals surface area contributed by atoms with E-state index in [1.165, 1.54) is 0 Å². The molecule has 1 aliphatic heterocycles. The first-order valence-electron chi connectivity index (χ1n) is 9.44. The minimum atomic E-state index is -0.847. The molecule has 1 fully saturated rings. The van der Waals surface area contributed by atoms with E-state index in [9.17, 15) is 14.7 Å². The van der Waals surface area contributed by atoms with Gasteiger partial charge in [-0.15, -0.1) is 0 Å². The Labute approximate surface area is 160 Å². The highest BCUT2D eigenvalue weighted by Crippen LogP contribution is 2.30. The molecule has 150 valence electrons. The first-order chi connectivity index (χ1) is 12.8. The second-order valence-electron chi connectivity index (χ2n) is 7.21. The summed E-state index contributed by atoms with van der Waals surface area (Å²) in [4.78, 5) is 25.5. The average molecular weight is 378 g/mol. The predicted octanol–water partition coefficient (Wildman–Crippen LogP) is 3.30. The van der Waals surface area contributed by atoms with E-state index in [1.54, 1.807) is 12.0 Å². The van der Waals surface area contributed by atoms with Gasteiger partial charge < -0.3 is 24.8 Å². The van der Waals surface area contributed by atoms with Gasteiger partial charge >= 0.3 is 12.0 Å². The molecule has 0 bridgehead atoms. The fourth-order valence-corrected chi connectivity index (χ4v) is 3.34. The van der Waals surface area contributed by atoms with E-state index >= 15 is 0 Å². The average Bonchev–Trinajstić information content (AvgIpc) is 2.65. The lowest BCUT2D eigenvalue weighted by atomic mass is 9.91. The number of hydrogen-bond acceptors (Lipinski definition) is 4. The van der Waals surface area contributed by atoms with E-state index in [4.69, 9.17) is 9.47 Å². The quantitative estimate of drug-likeness (QED) is 0.760. The highest BCUT2D eigenvalue weighted by Gasteiger charge is 2.32. The van der Waals surface area contributed by atoms with Crippen molar-refractivity contribution in [2.24, 2.45) is 11.8 Å². The predicted molar refractivity (Wildman–Crippen MR) is 102 cm³/mol. The molecule has 1 aromatic rings. The van der Waals surface area contributed by atoms with Gasteiger partial charge in [0.05, 0.1) is 25.7 Å². The van der Waals surface area contributed by atoms with Crippen molar-refractivity contribution in [2.75, 3.05) is 26.8 Å². The van der Waals surface area contributed by atoms with Crippen molar-refractivity contribution in [3.8, 4) is 11.5 Å². The van der Waals surface area contributed by atoms with E-state index in [-0.39, 0.29) is 24.5 Å². The summed E-state index contributed by atoms with van der Waals surface area (Å²) >= 11 is 0. The molecule has 27 heavy (non-hydrogen) atoms. The summed E-state index contributed by atoms with van der Waals surface area (Å²) in [5.41, 5.74) is 0.892. The van der Waals surface area contributed by atoms with Crippen LogP contribution < -0.4 is 14.8 Å². The normalized spacial score (nSPS) is 20.7. The van der Waals surface area contributed by atoms with Crippen molar-refractivity contribution in [3.05, 3.63) is 23.8 Å². The van der Waals surface area contributed by atoms with Crippen LogP contribution in [0.25, 0.3) is 0 Å². The molecule has 7 nitrogen and oxygen atoms in total. The van der Waals surface area contributed by atoms with Gasteiger partial charge in [0.25, 0.3) is 0 Å². The van der Waals surface area contributed by atoms with Gasteiger partial charge in [-0.25, -0.2) is 4.79 Å². The van der Waals surface area contributed by atoms with Crippen LogP contribution in [-0.2, 0) is 4.79 Å². The van der Waals surface area contributed by atoms with Crippen LogP contribution >= 0.6 is 0 Å². The molecule has 0 radical (unpaired) electrons. The van der Waals surface area contributed by atoms with Gasteiger partial charge in [-0.1, -0.05) is 19.9 Å². The summed E-state index contributed by atoms with van der Waals surface area (Å²) in [6.45, 7) is 7.31. The van der Waals surface area contributed by atoms with E-state index in [0.29, 0.717) is 31.1 Å². The molecule has 1 aliphatic rings. The lowest BCUT2D eigenvalue weighted by Gasteiger charge is -2.35. The molecule has 2 rings (SSSR count). The number of nitrogens with zero attached hydrogens (tertiary/aromatic N) is 1. The zero-order chi connectivity index (χ0) is 20.0. The number of piperidine rings is 1. The Morgan fingerprint density at radius 1 is 1.33 bits per heavy atom. The SMILES string of the molecule is CCCOc1ccc(C(C)NC(=O)N2CC(C)CC(C(=O)O)C2)cc1OC. The second kappa shape index (κ2) is 9.48. The molecule has 0 spiro atoms. The summed E-state index contributed by atoms with van der Waals surface area (Å²) in [6, 6.07) is 5.11. The number of nitrogens with one attached hydrogen (secondary N) is 1. The van der Waals surface area contributed by atoms with Crippen LogP contribution in [0.2, 0.25) is 0 Å². The molecule has 0 saturated carbocycles. The van der Waals surface area contributed by atoms with Crippen molar-refractivity contribution >= 4 is 12.0 Å². The molecule has 7 heteroatoms. The monoisotopic (exact) mass is 378 g/mol. The third-order valence-electron chi connectivity index (χ3n) is 4.79. The number of methoxy groups -OCH3 is 1. The van der Waals surface area contributed by atoms with Crippen molar-refractivity contribution in [3.63, 3.8) is 0 Å². The Bertz CT molecular complexity index is 664. The lowest BCUT2D eigenvalue weighted by Crippen LogP contribution is -2.49. The Balaban J connectivity index is 2.04. The maximum Gasteiger partial charge on any atom is 0.317 e. The second-order valence-corrected chi connectivity index (χ2v) is 7.21. The van der Waals surface area contributed by atoms with Crippen LogP contribution in [0.4, 0.5) is 4.79 Å². The number of ether oxygens (including phenoxy) is 2. The van der Waals surface area contributed by atoms with Gasteiger partial charge in [-0.2, -0.15) is 0 Å². The number of benzene rings is 1. The number of carbonyl (C=O) groups is 2. The minimum absolute atomic E-state index is 0.163. The van der Waals surface area contributed by atoms with Gasteiger partial charge in [0.2, 0.25) is 0 Å². The minimum Gasteiger partial charge on any atom is -0.493 e. The molecular formula is C20H30N2O5. The number of carboxylic acids is 1. The fourth-order valence-electron chi connectivity index (χ4n) is 3.34. The standard InChI is InChI=1S/C20H30N2O5/c1-5-8-27-17-7-6-15(10-18(17)26-4)14(3)21-20(25)22-11-13(2)9-16(12-22)19(23)24/h6-7,10,13-14,16H,5,8-9,11-12H2,1-4H3,(H,21,25)(H,23,24). The summed E-state index contributed by atoms with van der Waals surface area (Å²) in [5, 5.41) is 12.2. The maximum atomic E-state index is 12.6. The number of likely N-dealkylation sites (tertiary alicyclic amines) is 1. The van der Waals surface area contributed by atoms with Crippen molar-refractivity contribution < 1.29 is 24.2 Å². The molecule has 1 aromatic carbocycles. The number of hydrogen-bond donors (Lipinski definition) is 2. The zero-order valence-corrected chi connectivity index (χ0v) is 16.5. The molecule has 0 aliphatic carbocycles. The van der Waals surface area contributed by atoms with Crippen LogP contribution in [0.15, 0.2) is 18.2 Å². The Morgan fingerprint density at radius 2 is 2.07 bits per heavy atom. The van der Waals surface area contributed by atoms with Gasteiger partial charge in [-0.3, -0.25) is 4.79 Å². The molecule has 3 unspecified atom stereocenters. The topological polar surface area (TPSA) is 88.1 Å². The van der Waals surface area contributed by atoms with Crippen LogP contribution in [0.3, 0.4) is 0 Å². The summed E-state index contributed by atoms with van der Waals surface area (Å²) in [7, 11) is 1.59. The zero-order valence-electron chi connectivity index (χ0n) is 16.5. The van der Waals surface area contributed by atoms with Gasteiger partial charge in [0.15, 0.2) is 11.5 Å². The molecular weight excluding hydrogens is 348 g/mol. The van der Waals surface area contributed by atoms with Crippen molar-refractivity contribution in [1.29, 1.82) is 0 Å². The number of aliphatic carboxylic acids is 1. The van der Waals surface area contributed by atoms with E-state index in [1.807, 2.05) is 39.0 Å². The number of carboxylic acid groups (broad SMARTS) is 1. The Morgan fingerprint density at radius 3 is 2.70 bits per heavy atom. The van der Waals surface area contributed by atoms with Crippen LogP contribution in [0, 0.1) is 11.8 Å². The third-order valence-corrected chi connectivity index (χ3v) is 4.79. The summed E-state index contributed by atoms with van der Waals surface area (Å²) in [5.74, 6) is 0.107. The first-order valence-corrected chi connectivity index (χ1v) is 9.44. The number of urea groups is 1. The summed E-state index contributed by atoms with van der Waals surface area (Å²) < 4.78 is 11.1. The van der Waals surface area contributed by atoms with Gasteiger partial charge in [0, 0.05) is 13.1 Å². The molecule has 1 saturated heterocycles. The van der Waals surface area contributed by atoms with Crippen molar-refractivity contribution in [2.45, 2.75) is 39.7 Å². The van der Waals surface area contributed by atoms with Crippen LogP contribution in [-0.4, -0.2) is 48.8 Å². The van der Waals surface area contributed by atoms with E-state index in [0.717, 1.165) is 12.0 Å². The van der Waals surface area contributed by atoms with Gasteiger partial charge in [0.1, 0.15) is 0 Å². The fraction of sp³-hybridized carbons (Fsp3) is 0.600. The molecule has 2 amide bonds. The van der Waals surface area contributed by atoms with Crippen LogP contribution in [0.5, 0.6) is 11.5 Å². The number of rotatable bonds is 7. The first kappa shape index (κ1) is 20.9. The van der Waals surface area contributed by atoms with Crippen molar-refractivity contribution in [1.82, 2.24) is 10.2 Å². The molecule has 2 N–H and O–H groups in total. The molecule has 1 heterocycles. The van der Waals surface area contributed by atoms with E-state index in [2.05, 4.69) is 5.32 Å². The number of amides is 2. The Hall–Kier alpha value is -2.44. The van der Waals surface area contributed by atoms with Gasteiger partial charge in [-0.05, 0) is 43.4 Å². The third kappa shape index (κ3) is 5.52. The van der Waals surface area contributed by atoms with Crippen LogP contribution in [0.1, 0.15) is 45.2 Å². The molecule has 3 atom stereocenters. The summed E-state index contributed by atoms with van der Waals surface area (Å²) in [6.07, 6.45) is 1.51. The lowest BCUT2D eigenvalue weighted by molar-refractivity contribution is -0.143.